The van der Waals surface area contributed by atoms with Gasteiger partial charge in [0.2, 0.25) is 15.9 Å². The molecule has 188 valence electrons. The van der Waals surface area contributed by atoms with Crippen LogP contribution in [0.4, 0.5) is 5.69 Å². The van der Waals surface area contributed by atoms with Gasteiger partial charge in [-0.2, -0.15) is 14.8 Å². The van der Waals surface area contributed by atoms with E-state index >= 15 is 0 Å². The highest BCUT2D eigenvalue weighted by atomic mass is 35.5. The molecule has 3 aromatic carbocycles. The molecule has 0 aliphatic carbocycles. The third-order valence-corrected chi connectivity index (χ3v) is 7.71. The van der Waals surface area contributed by atoms with E-state index in [0.29, 0.717) is 49.1 Å². The van der Waals surface area contributed by atoms with Crippen LogP contribution in [0.25, 0.3) is 0 Å². The van der Waals surface area contributed by atoms with Crippen molar-refractivity contribution < 1.29 is 22.7 Å². The van der Waals surface area contributed by atoms with Crippen molar-refractivity contribution in [3.8, 4) is 23.6 Å². The maximum absolute atomic E-state index is 12.7. The molecule has 9 nitrogen and oxygen atoms in total. The van der Waals surface area contributed by atoms with Crippen LogP contribution in [0.15, 0.2) is 65.6 Å². The SMILES string of the molecule is N#Cc1cc(C#N)cc(Oc2ccc(CC(=O)Nc3ccc(S(=O)(=O)N4CCOCC4)cc3)cc2Cl)c1. The Morgan fingerprint density at radius 1 is 1.00 bits per heavy atom. The Morgan fingerprint density at radius 3 is 2.24 bits per heavy atom. The van der Waals surface area contributed by atoms with E-state index in [1.165, 1.54) is 34.6 Å². The number of benzene rings is 3. The van der Waals surface area contributed by atoms with Gasteiger partial charge in [0.25, 0.3) is 0 Å². The minimum atomic E-state index is -3.61. The van der Waals surface area contributed by atoms with E-state index in [-0.39, 0.29) is 33.4 Å². The first kappa shape index (κ1) is 26.1. The number of morpholine rings is 1. The first-order valence-corrected chi connectivity index (χ1v) is 13.0. The number of carbonyl (C=O) groups excluding carboxylic acids is 1. The number of nitrogens with one attached hydrogen (secondary N) is 1. The summed E-state index contributed by atoms with van der Waals surface area (Å²) in [5.74, 6) is 0.290. The summed E-state index contributed by atoms with van der Waals surface area (Å²) in [6.07, 6.45) is 0.0241. The molecule has 0 unspecified atom stereocenters. The molecule has 1 aliphatic rings. The number of ether oxygens (including phenoxy) is 2. The number of halogens is 1. The number of amides is 1. The molecule has 3 aromatic rings. The zero-order valence-corrected chi connectivity index (χ0v) is 21.1. The van der Waals surface area contributed by atoms with Crippen molar-refractivity contribution in [1.82, 2.24) is 4.31 Å². The van der Waals surface area contributed by atoms with Gasteiger partial charge in [-0.1, -0.05) is 17.7 Å². The fourth-order valence-electron chi connectivity index (χ4n) is 3.69. The summed E-state index contributed by atoms with van der Waals surface area (Å²) in [6, 6.07) is 19.3. The van der Waals surface area contributed by atoms with Crippen LogP contribution in [0, 0.1) is 22.7 Å². The number of nitriles is 2. The van der Waals surface area contributed by atoms with Crippen molar-refractivity contribution in [2.75, 3.05) is 31.6 Å². The van der Waals surface area contributed by atoms with Crippen molar-refractivity contribution >= 4 is 33.2 Å². The van der Waals surface area contributed by atoms with Gasteiger partial charge in [0.05, 0.1) is 52.8 Å². The predicted octanol–water partition coefficient (Wildman–Crippen LogP) is 4.08. The van der Waals surface area contributed by atoms with E-state index in [9.17, 15) is 13.2 Å². The number of anilines is 1. The molecular formula is C26H21ClN4O5S. The Morgan fingerprint density at radius 2 is 1.65 bits per heavy atom. The molecule has 1 amide bonds. The molecule has 0 saturated carbocycles. The highest BCUT2D eigenvalue weighted by Gasteiger charge is 2.26. The summed E-state index contributed by atoms with van der Waals surface area (Å²) < 4.78 is 37.8. The van der Waals surface area contributed by atoms with Crippen molar-refractivity contribution in [2.24, 2.45) is 0 Å². The van der Waals surface area contributed by atoms with Crippen LogP contribution < -0.4 is 10.1 Å². The van der Waals surface area contributed by atoms with Gasteiger partial charge < -0.3 is 14.8 Å². The molecule has 0 aromatic heterocycles. The quantitative estimate of drug-likeness (QED) is 0.481. The molecule has 1 heterocycles. The Labute approximate surface area is 219 Å². The zero-order valence-electron chi connectivity index (χ0n) is 19.5. The van der Waals surface area contributed by atoms with Crippen LogP contribution in [-0.2, 0) is 26.0 Å². The smallest absolute Gasteiger partial charge is 0.243 e. The second kappa shape index (κ2) is 11.4. The third kappa shape index (κ3) is 6.45. The third-order valence-electron chi connectivity index (χ3n) is 5.50. The number of rotatable bonds is 7. The van der Waals surface area contributed by atoms with Gasteiger partial charge in [-0.3, -0.25) is 4.79 Å². The average Bonchev–Trinajstić information content (AvgIpc) is 2.90. The van der Waals surface area contributed by atoms with Crippen molar-refractivity contribution in [2.45, 2.75) is 11.3 Å². The van der Waals surface area contributed by atoms with Crippen LogP contribution in [-0.4, -0.2) is 44.9 Å². The highest BCUT2D eigenvalue weighted by molar-refractivity contribution is 7.89. The fraction of sp³-hybridized carbons (Fsp3) is 0.192. The molecule has 1 aliphatic heterocycles. The molecule has 0 radical (unpaired) electrons. The zero-order chi connectivity index (χ0) is 26.4. The molecule has 1 saturated heterocycles. The summed E-state index contributed by atoms with van der Waals surface area (Å²) in [6.45, 7) is 1.34. The molecule has 4 rings (SSSR count). The van der Waals surface area contributed by atoms with Crippen LogP contribution in [0.1, 0.15) is 16.7 Å². The normalized spacial score (nSPS) is 13.8. The lowest BCUT2D eigenvalue weighted by Gasteiger charge is -2.26. The number of nitrogens with zero attached hydrogens (tertiary/aromatic N) is 3. The van der Waals surface area contributed by atoms with Crippen LogP contribution in [0.3, 0.4) is 0 Å². The Kier molecular flexibility index (Phi) is 8.07. The fourth-order valence-corrected chi connectivity index (χ4v) is 5.34. The molecule has 1 fully saturated rings. The van der Waals surface area contributed by atoms with Crippen molar-refractivity contribution in [3.63, 3.8) is 0 Å². The lowest BCUT2D eigenvalue weighted by Crippen LogP contribution is -2.40. The standard InChI is InChI=1S/C26H21ClN4O5S/c27-24-14-18(1-6-25(24)36-22-12-19(16-28)11-20(13-22)17-29)15-26(32)30-21-2-4-23(5-3-21)37(33,34)31-7-9-35-10-8-31/h1-6,11-14H,7-10,15H2,(H,30,32). The molecule has 11 heteroatoms. The molecular weight excluding hydrogens is 516 g/mol. The highest BCUT2D eigenvalue weighted by Crippen LogP contribution is 2.31. The van der Waals surface area contributed by atoms with Gasteiger partial charge in [-0.05, 0) is 60.2 Å². The van der Waals surface area contributed by atoms with E-state index in [1.807, 2.05) is 12.1 Å². The van der Waals surface area contributed by atoms with E-state index in [4.69, 9.17) is 31.6 Å². The Balaban J connectivity index is 1.38. The summed E-state index contributed by atoms with van der Waals surface area (Å²) in [5.41, 5.74) is 1.66. The van der Waals surface area contributed by atoms with Gasteiger partial charge in [-0.25, -0.2) is 8.42 Å². The van der Waals surface area contributed by atoms with E-state index < -0.39 is 10.0 Å². The van der Waals surface area contributed by atoms with Gasteiger partial charge >= 0.3 is 0 Å². The second-order valence-corrected chi connectivity index (χ2v) is 10.4. The van der Waals surface area contributed by atoms with Crippen LogP contribution in [0.2, 0.25) is 5.02 Å². The van der Waals surface area contributed by atoms with Gasteiger partial charge in [0.1, 0.15) is 11.5 Å². The Bertz CT molecular complexity index is 1470. The summed E-state index contributed by atoms with van der Waals surface area (Å²) in [5, 5.41) is 21.2. The van der Waals surface area contributed by atoms with E-state index in [0.717, 1.165) is 0 Å². The Hall–Kier alpha value is -3.93. The monoisotopic (exact) mass is 536 g/mol. The molecule has 1 N–H and O–H groups in total. The largest absolute Gasteiger partial charge is 0.456 e. The predicted molar refractivity (Wildman–Crippen MR) is 136 cm³/mol. The first-order valence-electron chi connectivity index (χ1n) is 11.2. The maximum Gasteiger partial charge on any atom is 0.243 e. The average molecular weight is 537 g/mol. The van der Waals surface area contributed by atoms with Gasteiger partial charge in [0, 0.05) is 18.8 Å². The number of hydrogen-bond donors (Lipinski definition) is 1. The summed E-state index contributed by atoms with van der Waals surface area (Å²) in [4.78, 5) is 12.7. The second-order valence-electron chi connectivity index (χ2n) is 8.10. The molecule has 0 bridgehead atoms. The summed E-state index contributed by atoms with van der Waals surface area (Å²) in [7, 11) is -3.61. The van der Waals surface area contributed by atoms with E-state index in [2.05, 4.69) is 5.32 Å². The lowest BCUT2D eigenvalue weighted by atomic mass is 10.1. The van der Waals surface area contributed by atoms with Crippen LogP contribution in [0.5, 0.6) is 11.5 Å². The molecule has 0 atom stereocenters. The van der Waals surface area contributed by atoms with Gasteiger partial charge in [0.15, 0.2) is 0 Å². The number of carbonyl (C=O) groups is 1. The lowest BCUT2D eigenvalue weighted by molar-refractivity contribution is -0.115. The van der Waals surface area contributed by atoms with Crippen LogP contribution >= 0.6 is 11.6 Å². The number of hydrogen-bond acceptors (Lipinski definition) is 7. The molecule has 37 heavy (non-hydrogen) atoms. The summed E-state index contributed by atoms with van der Waals surface area (Å²) >= 11 is 6.34. The molecule has 0 spiro atoms. The van der Waals surface area contributed by atoms with Gasteiger partial charge in [-0.15, -0.1) is 0 Å². The number of sulfonamides is 1. The minimum absolute atomic E-state index is 0.0241. The first-order chi connectivity index (χ1) is 17.8. The topological polar surface area (TPSA) is 133 Å². The van der Waals surface area contributed by atoms with Crippen molar-refractivity contribution in [1.29, 1.82) is 10.5 Å². The minimum Gasteiger partial charge on any atom is -0.456 e. The van der Waals surface area contributed by atoms with E-state index in [1.54, 1.807) is 30.3 Å². The maximum atomic E-state index is 12.7. The van der Waals surface area contributed by atoms with Crippen molar-refractivity contribution in [3.05, 3.63) is 82.4 Å².